The van der Waals surface area contributed by atoms with Crippen molar-refractivity contribution < 1.29 is 8.42 Å². The molecule has 6 heteroatoms. The highest BCUT2D eigenvalue weighted by Gasteiger charge is 2.16. The van der Waals surface area contributed by atoms with E-state index < -0.39 is 10.0 Å². The minimum absolute atomic E-state index is 0.0293. The minimum atomic E-state index is -3.33. The Labute approximate surface area is 119 Å². The number of hydrogen-bond donors (Lipinski definition) is 1. The van der Waals surface area contributed by atoms with Crippen molar-refractivity contribution in [1.29, 1.82) is 5.26 Å². The molecular weight excluding hydrogens is 280 g/mol. The average molecular weight is 298 g/mol. The van der Waals surface area contributed by atoms with Gasteiger partial charge in [0.15, 0.2) is 0 Å². The Bertz CT molecular complexity index is 533. The fraction of sp³-hybridized carbons (Fsp3) is 0.462. The SMILES string of the molecule is CCC(CSC)NS(=O)(=O)Cc1ccc(C#N)cc1. The van der Waals surface area contributed by atoms with E-state index in [1.165, 1.54) is 0 Å². The van der Waals surface area contributed by atoms with Gasteiger partial charge in [-0.15, -0.1) is 0 Å². The molecule has 0 spiro atoms. The lowest BCUT2D eigenvalue weighted by atomic mass is 10.2. The van der Waals surface area contributed by atoms with Crippen molar-refractivity contribution in [3.63, 3.8) is 0 Å². The fourth-order valence-corrected chi connectivity index (χ4v) is 3.93. The summed E-state index contributed by atoms with van der Waals surface area (Å²) in [7, 11) is -3.33. The zero-order valence-electron chi connectivity index (χ0n) is 11.1. The molecule has 1 aromatic rings. The van der Waals surface area contributed by atoms with Gasteiger partial charge in [0.05, 0.1) is 17.4 Å². The van der Waals surface area contributed by atoms with Gasteiger partial charge in [0.1, 0.15) is 0 Å². The van der Waals surface area contributed by atoms with E-state index in [0.29, 0.717) is 11.1 Å². The Morgan fingerprint density at radius 2 is 2.00 bits per heavy atom. The second-order valence-electron chi connectivity index (χ2n) is 4.25. The molecule has 1 N–H and O–H groups in total. The first kappa shape index (κ1) is 16.0. The fourth-order valence-electron chi connectivity index (χ4n) is 1.63. The first-order valence-corrected chi connectivity index (χ1v) is 9.03. The number of nitriles is 1. The molecule has 0 aromatic heterocycles. The maximum atomic E-state index is 12.0. The molecule has 0 amide bonds. The van der Waals surface area contributed by atoms with Gasteiger partial charge < -0.3 is 0 Å². The Morgan fingerprint density at radius 3 is 2.47 bits per heavy atom. The summed E-state index contributed by atoms with van der Waals surface area (Å²) in [6, 6.07) is 8.58. The van der Waals surface area contributed by atoms with Crippen molar-refractivity contribution >= 4 is 21.8 Å². The largest absolute Gasteiger partial charge is 0.216 e. The predicted molar refractivity (Wildman–Crippen MR) is 79.4 cm³/mol. The molecule has 0 fully saturated rings. The maximum absolute atomic E-state index is 12.0. The zero-order chi connectivity index (χ0) is 14.3. The second-order valence-corrected chi connectivity index (χ2v) is 6.91. The molecule has 0 saturated carbocycles. The van der Waals surface area contributed by atoms with Gasteiger partial charge in [-0.2, -0.15) is 17.0 Å². The number of nitrogens with zero attached hydrogens (tertiary/aromatic N) is 1. The van der Waals surface area contributed by atoms with Crippen LogP contribution in [-0.2, 0) is 15.8 Å². The summed E-state index contributed by atoms with van der Waals surface area (Å²) in [6.07, 6.45) is 2.73. The highest BCUT2D eigenvalue weighted by Crippen LogP contribution is 2.09. The summed E-state index contributed by atoms with van der Waals surface area (Å²) in [4.78, 5) is 0. The smallest absolute Gasteiger partial charge is 0.212 e. The van der Waals surface area contributed by atoms with Gasteiger partial charge in [-0.1, -0.05) is 19.1 Å². The number of rotatable bonds is 7. The van der Waals surface area contributed by atoms with E-state index in [1.54, 1.807) is 36.0 Å². The molecule has 0 saturated heterocycles. The van der Waals surface area contributed by atoms with Gasteiger partial charge in [0, 0.05) is 11.8 Å². The number of benzene rings is 1. The minimum Gasteiger partial charge on any atom is -0.212 e. The van der Waals surface area contributed by atoms with Gasteiger partial charge in [-0.3, -0.25) is 0 Å². The van der Waals surface area contributed by atoms with Gasteiger partial charge in [-0.05, 0) is 30.4 Å². The van der Waals surface area contributed by atoms with E-state index in [-0.39, 0.29) is 11.8 Å². The Morgan fingerprint density at radius 1 is 1.37 bits per heavy atom. The monoisotopic (exact) mass is 298 g/mol. The Kier molecular flexibility index (Phi) is 6.35. The molecule has 0 aliphatic rings. The highest BCUT2D eigenvalue weighted by atomic mass is 32.2. The normalized spacial score (nSPS) is 12.9. The van der Waals surface area contributed by atoms with Crippen LogP contribution in [-0.4, -0.2) is 26.5 Å². The van der Waals surface area contributed by atoms with Crippen molar-refractivity contribution in [1.82, 2.24) is 4.72 Å². The quantitative estimate of drug-likeness (QED) is 0.837. The van der Waals surface area contributed by atoms with Crippen LogP contribution in [0.25, 0.3) is 0 Å². The predicted octanol–water partition coefficient (Wildman–Crippen LogP) is 2.12. The highest BCUT2D eigenvalue weighted by molar-refractivity contribution is 7.98. The first-order chi connectivity index (χ1) is 9.00. The van der Waals surface area contributed by atoms with Gasteiger partial charge >= 0.3 is 0 Å². The molecule has 1 unspecified atom stereocenters. The molecular formula is C13H18N2O2S2. The molecule has 4 nitrogen and oxygen atoms in total. The molecule has 1 atom stereocenters. The molecule has 104 valence electrons. The third-order valence-electron chi connectivity index (χ3n) is 2.65. The lowest BCUT2D eigenvalue weighted by molar-refractivity contribution is 0.557. The van der Waals surface area contributed by atoms with Crippen LogP contribution in [0.5, 0.6) is 0 Å². The third-order valence-corrected chi connectivity index (χ3v) is 4.79. The van der Waals surface area contributed by atoms with Crippen LogP contribution in [0.3, 0.4) is 0 Å². The lowest BCUT2D eigenvalue weighted by Gasteiger charge is -2.15. The van der Waals surface area contributed by atoms with Crippen molar-refractivity contribution in [3.05, 3.63) is 35.4 Å². The Hall–Kier alpha value is -1.03. The summed E-state index contributed by atoms with van der Waals surface area (Å²) < 4.78 is 26.7. The molecule has 1 rings (SSSR count). The van der Waals surface area contributed by atoms with Crippen LogP contribution in [0, 0.1) is 11.3 Å². The number of thioether (sulfide) groups is 1. The molecule has 0 heterocycles. The van der Waals surface area contributed by atoms with Crippen LogP contribution in [0.2, 0.25) is 0 Å². The number of hydrogen-bond acceptors (Lipinski definition) is 4. The summed E-state index contributed by atoms with van der Waals surface area (Å²) in [5.41, 5.74) is 1.22. The summed E-state index contributed by atoms with van der Waals surface area (Å²) in [5, 5.41) is 8.69. The Balaban J connectivity index is 2.70. The van der Waals surface area contributed by atoms with Crippen LogP contribution >= 0.6 is 11.8 Å². The van der Waals surface area contributed by atoms with Crippen LogP contribution in [0.4, 0.5) is 0 Å². The van der Waals surface area contributed by atoms with Gasteiger partial charge in [0.25, 0.3) is 0 Å². The van der Waals surface area contributed by atoms with Crippen LogP contribution in [0.1, 0.15) is 24.5 Å². The van der Waals surface area contributed by atoms with E-state index in [0.717, 1.165) is 12.2 Å². The van der Waals surface area contributed by atoms with Gasteiger partial charge in [-0.25, -0.2) is 13.1 Å². The van der Waals surface area contributed by atoms with E-state index in [1.807, 2.05) is 19.2 Å². The van der Waals surface area contributed by atoms with Crippen molar-refractivity contribution in [2.45, 2.75) is 25.1 Å². The molecule has 1 aromatic carbocycles. The topological polar surface area (TPSA) is 70.0 Å². The number of nitrogens with one attached hydrogen (secondary N) is 1. The van der Waals surface area contributed by atoms with E-state index in [2.05, 4.69) is 4.72 Å². The third kappa shape index (κ3) is 5.64. The molecule has 0 aliphatic carbocycles. The van der Waals surface area contributed by atoms with E-state index >= 15 is 0 Å². The zero-order valence-corrected chi connectivity index (χ0v) is 12.7. The molecule has 0 aliphatic heterocycles. The van der Waals surface area contributed by atoms with Crippen molar-refractivity contribution in [2.24, 2.45) is 0 Å². The molecule has 0 radical (unpaired) electrons. The second kappa shape index (κ2) is 7.53. The summed E-state index contributed by atoms with van der Waals surface area (Å²) in [5.74, 6) is 0.715. The van der Waals surface area contributed by atoms with E-state index in [9.17, 15) is 8.42 Å². The lowest BCUT2D eigenvalue weighted by Crippen LogP contribution is -2.36. The summed E-state index contributed by atoms with van der Waals surface area (Å²) in [6.45, 7) is 1.96. The van der Waals surface area contributed by atoms with Crippen LogP contribution in [0.15, 0.2) is 24.3 Å². The first-order valence-electron chi connectivity index (χ1n) is 5.98. The van der Waals surface area contributed by atoms with E-state index in [4.69, 9.17) is 5.26 Å². The standard InChI is InChI=1S/C13H18N2O2S2/c1-3-13(9-18-2)15-19(16,17)10-12-6-4-11(8-14)5-7-12/h4-7,13,15H,3,9-10H2,1-2H3. The molecule has 19 heavy (non-hydrogen) atoms. The summed E-state index contributed by atoms with van der Waals surface area (Å²) >= 11 is 1.62. The van der Waals surface area contributed by atoms with Crippen LogP contribution < -0.4 is 4.72 Å². The average Bonchev–Trinajstić information content (AvgIpc) is 2.38. The van der Waals surface area contributed by atoms with Gasteiger partial charge in [0.2, 0.25) is 10.0 Å². The maximum Gasteiger partial charge on any atom is 0.216 e. The van der Waals surface area contributed by atoms with Crippen molar-refractivity contribution in [3.8, 4) is 6.07 Å². The number of sulfonamides is 1. The molecule has 0 bridgehead atoms. The van der Waals surface area contributed by atoms with Crippen molar-refractivity contribution in [2.75, 3.05) is 12.0 Å².